The molecule has 1 aliphatic carbocycles. The van der Waals surface area contributed by atoms with Crippen LogP contribution in [0.2, 0.25) is 0 Å². The van der Waals surface area contributed by atoms with Crippen LogP contribution in [0.3, 0.4) is 0 Å². The Morgan fingerprint density at radius 2 is 1.42 bits per heavy atom. The van der Waals surface area contributed by atoms with Crippen LogP contribution in [0.25, 0.3) is 0 Å². The molecule has 0 saturated carbocycles. The molecule has 0 aromatic carbocycles. The Balaban J connectivity index is 0.000000561. The summed E-state index contributed by atoms with van der Waals surface area (Å²) in [5.74, 6) is 0. The molecule has 1 heteroatoms. The molecule has 0 radical (unpaired) electrons. The zero-order chi connectivity index (χ0) is 9.83. The smallest absolute Gasteiger partial charge is 0.00901 e. The maximum Gasteiger partial charge on any atom is -0.00901 e. The number of allylic oxidation sites excluding steroid dienone is 2. The Kier molecular flexibility index (Phi) is 4.48. The molecule has 0 spiro atoms. The Morgan fingerprint density at radius 3 is 1.67 bits per heavy atom. The van der Waals surface area contributed by atoms with Gasteiger partial charge in [0.1, 0.15) is 0 Å². The van der Waals surface area contributed by atoms with Crippen LogP contribution in [0.4, 0.5) is 0 Å². The Hall–Kier alpha value is 0.170. The minimum Gasteiger partial charge on any atom is -0.130 e. The third kappa shape index (κ3) is 2.59. The van der Waals surface area contributed by atoms with Gasteiger partial charge in [0.2, 0.25) is 0 Å². The standard InChI is InChI=1S/C9H17P.C2H6/c1-8(2)6-4-5-7-9(8,3)10;1-2/h4-5H,6-7,10H2,1-3H3;1-2H3. The fourth-order valence-electron chi connectivity index (χ4n) is 1.22. The summed E-state index contributed by atoms with van der Waals surface area (Å²) in [6.45, 7) is 11.0. The second-order valence-electron chi connectivity index (χ2n) is 4.18. The predicted molar refractivity (Wildman–Crippen MR) is 61.6 cm³/mol. The van der Waals surface area contributed by atoms with E-state index >= 15 is 0 Å². The molecule has 1 rings (SSSR count). The summed E-state index contributed by atoms with van der Waals surface area (Å²) in [4.78, 5) is 0. The van der Waals surface area contributed by atoms with Crippen molar-refractivity contribution in [1.29, 1.82) is 0 Å². The molecule has 72 valence electrons. The SMILES string of the molecule is CC.CC1(C)CC=CCC1(C)P. The van der Waals surface area contributed by atoms with Gasteiger partial charge in [-0.15, -0.1) is 9.24 Å². The van der Waals surface area contributed by atoms with Gasteiger partial charge in [-0.2, -0.15) is 0 Å². The molecular formula is C11H23P. The van der Waals surface area contributed by atoms with E-state index in [9.17, 15) is 0 Å². The summed E-state index contributed by atoms with van der Waals surface area (Å²) < 4.78 is 0. The lowest BCUT2D eigenvalue weighted by Gasteiger charge is -2.43. The summed E-state index contributed by atoms with van der Waals surface area (Å²) in [5, 5.41) is 0.405. The quantitative estimate of drug-likeness (QED) is 0.396. The van der Waals surface area contributed by atoms with E-state index in [1.165, 1.54) is 12.8 Å². The molecule has 0 aromatic rings. The molecule has 0 fully saturated rings. The van der Waals surface area contributed by atoms with E-state index in [0.717, 1.165) is 0 Å². The van der Waals surface area contributed by atoms with Gasteiger partial charge in [0.05, 0.1) is 0 Å². The van der Waals surface area contributed by atoms with E-state index in [4.69, 9.17) is 0 Å². The highest BCUT2D eigenvalue weighted by atomic mass is 31.0. The van der Waals surface area contributed by atoms with Crippen LogP contribution in [-0.2, 0) is 0 Å². The van der Waals surface area contributed by atoms with Gasteiger partial charge < -0.3 is 0 Å². The second-order valence-corrected chi connectivity index (χ2v) is 5.46. The normalized spacial score (nSPS) is 32.2. The molecule has 1 aliphatic rings. The van der Waals surface area contributed by atoms with Gasteiger partial charge in [-0.05, 0) is 23.4 Å². The lowest BCUT2D eigenvalue weighted by atomic mass is 9.72. The average molecular weight is 186 g/mol. The van der Waals surface area contributed by atoms with Crippen LogP contribution in [0, 0.1) is 5.41 Å². The maximum atomic E-state index is 2.98. The number of hydrogen-bond donors (Lipinski definition) is 0. The summed E-state index contributed by atoms with van der Waals surface area (Å²) in [5.41, 5.74) is 0.451. The molecular weight excluding hydrogens is 163 g/mol. The zero-order valence-corrected chi connectivity index (χ0v) is 10.3. The van der Waals surface area contributed by atoms with E-state index in [-0.39, 0.29) is 0 Å². The van der Waals surface area contributed by atoms with Crippen LogP contribution in [0.15, 0.2) is 12.2 Å². The third-order valence-corrected chi connectivity index (χ3v) is 3.90. The largest absolute Gasteiger partial charge is 0.130 e. The zero-order valence-electron chi connectivity index (χ0n) is 9.15. The molecule has 2 unspecified atom stereocenters. The Morgan fingerprint density at radius 1 is 1.00 bits per heavy atom. The highest BCUT2D eigenvalue weighted by Gasteiger charge is 2.36. The first-order valence-corrected chi connectivity index (χ1v) is 5.47. The summed E-state index contributed by atoms with van der Waals surface area (Å²) >= 11 is 0. The van der Waals surface area contributed by atoms with Gasteiger partial charge >= 0.3 is 0 Å². The van der Waals surface area contributed by atoms with Gasteiger partial charge in [-0.3, -0.25) is 0 Å². The average Bonchev–Trinajstić information content (AvgIpc) is 2.00. The van der Waals surface area contributed by atoms with Crippen molar-refractivity contribution in [2.45, 2.75) is 52.6 Å². The molecule has 0 heterocycles. The minimum atomic E-state index is 0.405. The number of hydrogen-bond acceptors (Lipinski definition) is 0. The van der Waals surface area contributed by atoms with Crippen molar-refractivity contribution in [3.8, 4) is 0 Å². The van der Waals surface area contributed by atoms with Gasteiger partial charge in [0.25, 0.3) is 0 Å². The van der Waals surface area contributed by atoms with Crippen molar-refractivity contribution in [3.05, 3.63) is 12.2 Å². The molecule has 0 nitrogen and oxygen atoms in total. The molecule has 0 aliphatic heterocycles. The predicted octanol–water partition coefficient (Wildman–Crippen LogP) is 4.02. The van der Waals surface area contributed by atoms with E-state index < -0.39 is 0 Å². The number of rotatable bonds is 0. The fraction of sp³-hybridized carbons (Fsp3) is 0.818. The monoisotopic (exact) mass is 186 g/mol. The van der Waals surface area contributed by atoms with Gasteiger partial charge in [-0.1, -0.05) is 46.8 Å². The molecule has 0 aromatic heterocycles. The highest BCUT2D eigenvalue weighted by Crippen LogP contribution is 2.46. The van der Waals surface area contributed by atoms with E-state index in [2.05, 4.69) is 42.2 Å². The Bertz CT molecular complexity index is 136. The maximum absolute atomic E-state index is 2.98. The summed E-state index contributed by atoms with van der Waals surface area (Å²) in [6.07, 6.45) is 7.00. The minimum absolute atomic E-state index is 0.405. The summed E-state index contributed by atoms with van der Waals surface area (Å²) in [6, 6.07) is 0. The van der Waals surface area contributed by atoms with Crippen molar-refractivity contribution in [2.24, 2.45) is 5.41 Å². The molecule has 0 saturated heterocycles. The second kappa shape index (κ2) is 4.42. The molecule has 0 bridgehead atoms. The molecule has 12 heavy (non-hydrogen) atoms. The summed E-state index contributed by atoms with van der Waals surface area (Å²) in [7, 11) is 2.98. The molecule has 0 N–H and O–H groups in total. The van der Waals surface area contributed by atoms with Crippen LogP contribution < -0.4 is 0 Å². The lowest BCUT2D eigenvalue weighted by Crippen LogP contribution is -2.37. The lowest BCUT2D eigenvalue weighted by molar-refractivity contribution is 0.259. The fourth-order valence-corrected chi connectivity index (χ4v) is 1.47. The molecule has 2 atom stereocenters. The van der Waals surface area contributed by atoms with Gasteiger partial charge in [0, 0.05) is 0 Å². The topological polar surface area (TPSA) is 0 Å². The van der Waals surface area contributed by atoms with Crippen LogP contribution in [-0.4, -0.2) is 5.16 Å². The van der Waals surface area contributed by atoms with E-state index in [0.29, 0.717) is 10.6 Å². The van der Waals surface area contributed by atoms with Gasteiger partial charge in [0.15, 0.2) is 0 Å². The molecule has 0 amide bonds. The van der Waals surface area contributed by atoms with Crippen LogP contribution >= 0.6 is 9.24 Å². The highest BCUT2D eigenvalue weighted by molar-refractivity contribution is 7.19. The van der Waals surface area contributed by atoms with Crippen molar-refractivity contribution >= 4 is 9.24 Å². The first-order chi connectivity index (χ1) is 5.46. The first kappa shape index (κ1) is 12.2. The Labute approximate surface area is 80.0 Å². The van der Waals surface area contributed by atoms with Crippen molar-refractivity contribution in [2.75, 3.05) is 0 Å². The third-order valence-electron chi connectivity index (χ3n) is 2.88. The van der Waals surface area contributed by atoms with Crippen molar-refractivity contribution in [1.82, 2.24) is 0 Å². The van der Waals surface area contributed by atoms with Crippen LogP contribution in [0.1, 0.15) is 47.5 Å². The van der Waals surface area contributed by atoms with Crippen molar-refractivity contribution in [3.63, 3.8) is 0 Å². The first-order valence-electron chi connectivity index (χ1n) is 4.90. The van der Waals surface area contributed by atoms with E-state index in [1.54, 1.807) is 0 Å². The van der Waals surface area contributed by atoms with Crippen LogP contribution in [0.5, 0.6) is 0 Å². The van der Waals surface area contributed by atoms with E-state index in [1.807, 2.05) is 13.8 Å². The van der Waals surface area contributed by atoms with Crippen molar-refractivity contribution < 1.29 is 0 Å². The van der Waals surface area contributed by atoms with Gasteiger partial charge in [-0.25, -0.2) is 0 Å².